The average Bonchev–Trinajstić information content (AvgIpc) is 2.22. The van der Waals surface area contributed by atoms with Gasteiger partial charge < -0.3 is 9.84 Å². The maximum absolute atomic E-state index is 10.6. The lowest BCUT2D eigenvalue weighted by Crippen LogP contribution is -2.09. The molecule has 94 valence electrons. The molecular formula is C13H19NO3. The van der Waals surface area contributed by atoms with Crippen LogP contribution in [0.1, 0.15) is 31.4 Å². The van der Waals surface area contributed by atoms with E-state index in [0.29, 0.717) is 12.3 Å². The van der Waals surface area contributed by atoms with E-state index in [-0.39, 0.29) is 0 Å². The molecule has 0 fully saturated rings. The summed E-state index contributed by atoms with van der Waals surface area (Å²) in [4.78, 5) is 10.6. The van der Waals surface area contributed by atoms with Crippen molar-refractivity contribution in [2.24, 2.45) is 0 Å². The van der Waals surface area contributed by atoms with Gasteiger partial charge in [0.2, 0.25) is 0 Å². The highest BCUT2D eigenvalue weighted by atomic mass is 16.5. The summed E-state index contributed by atoms with van der Waals surface area (Å²) >= 11 is 0. The van der Waals surface area contributed by atoms with Crippen LogP contribution >= 0.6 is 0 Å². The summed E-state index contributed by atoms with van der Waals surface area (Å²) in [5, 5.41) is 11.1. The third kappa shape index (κ3) is 3.66. The molecule has 2 N–H and O–H groups in total. The molecule has 4 heteroatoms. The highest BCUT2D eigenvalue weighted by Crippen LogP contribution is 2.29. The number of amides is 1. The molecule has 0 aliphatic carbocycles. The molecule has 0 saturated heterocycles. The topological polar surface area (TPSA) is 58.6 Å². The Kier molecular flexibility index (Phi) is 4.82. The van der Waals surface area contributed by atoms with Crippen LogP contribution in [0.25, 0.3) is 0 Å². The van der Waals surface area contributed by atoms with Crippen molar-refractivity contribution in [3.05, 3.63) is 23.3 Å². The predicted molar refractivity (Wildman–Crippen MR) is 68.0 cm³/mol. The highest BCUT2D eigenvalue weighted by molar-refractivity contribution is 5.83. The van der Waals surface area contributed by atoms with Crippen LogP contribution in [0.4, 0.5) is 10.5 Å². The molecule has 0 spiro atoms. The van der Waals surface area contributed by atoms with Gasteiger partial charge in [0.25, 0.3) is 0 Å². The second kappa shape index (κ2) is 6.13. The highest BCUT2D eigenvalue weighted by Gasteiger charge is 2.10. The SMILES string of the molecule is CCCc1cc(NC(=O)O)cc(C)c1OCC. The maximum Gasteiger partial charge on any atom is 0.409 e. The Bertz CT molecular complexity index is 402. The van der Waals surface area contributed by atoms with Crippen molar-refractivity contribution in [2.45, 2.75) is 33.6 Å². The van der Waals surface area contributed by atoms with Crippen molar-refractivity contribution in [2.75, 3.05) is 11.9 Å². The average molecular weight is 237 g/mol. The molecule has 1 rings (SSSR count). The molecule has 0 aliphatic heterocycles. The van der Waals surface area contributed by atoms with Crippen molar-refractivity contribution in [1.29, 1.82) is 0 Å². The van der Waals surface area contributed by atoms with Crippen molar-refractivity contribution in [3.63, 3.8) is 0 Å². The summed E-state index contributed by atoms with van der Waals surface area (Å²) in [6.07, 6.45) is 0.831. The zero-order valence-corrected chi connectivity index (χ0v) is 10.5. The predicted octanol–water partition coefficient (Wildman–Crippen LogP) is 3.44. The Morgan fingerprint density at radius 2 is 2.12 bits per heavy atom. The minimum atomic E-state index is -1.05. The van der Waals surface area contributed by atoms with Gasteiger partial charge in [-0.1, -0.05) is 13.3 Å². The summed E-state index contributed by atoms with van der Waals surface area (Å²) in [6, 6.07) is 3.63. The van der Waals surface area contributed by atoms with E-state index < -0.39 is 6.09 Å². The van der Waals surface area contributed by atoms with E-state index in [9.17, 15) is 4.79 Å². The molecular weight excluding hydrogens is 218 g/mol. The quantitative estimate of drug-likeness (QED) is 0.824. The Morgan fingerprint density at radius 1 is 1.41 bits per heavy atom. The fraction of sp³-hybridized carbons (Fsp3) is 0.462. The number of benzene rings is 1. The number of nitrogens with one attached hydrogen (secondary N) is 1. The molecule has 1 aromatic rings. The molecule has 0 saturated carbocycles. The molecule has 0 heterocycles. The van der Waals surface area contributed by atoms with Gasteiger partial charge in [-0.05, 0) is 43.5 Å². The summed E-state index contributed by atoms with van der Waals surface area (Å²) < 4.78 is 5.61. The fourth-order valence-corrected chi connectivity index (χ4v) is 1.85. The van der Waals surface area contributed by atoms with Crippen LogP contribution in [-0.2, 0) is 6.42 Å². The van der Waals surface area contributed by atoms with Crippen LogP contribution in [0.3, 0.4) is 0 Å². The monoisotopic (exact) mass is 237 g/mol. The summed E-state index contributed by atoms with van der Waals surface area (Å²) in [7, 11) is 0. The lowest BCUT2D eigenvalue weighted by atomic mass is 10.0. The smallest absolute Gasteiger partial charge is 0.409 e. The zero-order chi connectivity index (χ0) is 12.8. The van der Waals surface area contributed by atoms with Gasteiger partial charge in [0, 0.05) is 5.69 Å². The van der Waals surface area contributed by atoms with E-state index in [1.54, 1.807) is 6.07 Å². The normalized spacial score (nSPS) is 10.1. The van der Waals surface area contributed by atoms with E-state index in [2.05, 4.69) is 12.2 Å². The Morgan fingerprint density at radius 3 is 2.65 bits per heavy atom. The van der Waals surface area contributed by atoms with Crippen LogP contribution < -0.4 is 10.1 Å². The van der Waals surface area contributed by atoms with Crippen molar-refractivity contribution in [3.8, 4) is 5.75 Å². The Labute approximate surface area is 102 Å². The van der Waals surface area contributed by atoms with Gasteiger partial charge >= 0.3 is 6.09 Å². The first-order valence-corrected chi connectivity index (χ1v) is 5.84. The lowest BCUT2D eigenvalue weighted by molar-refractivity contribution is 0.209. The molecule has 1 amide bonds. The van der Waals surface area contributed by atoms with Crippen LogP contribution in [0.5, 0.6) is 5.75 Å². The number of ether oxygens (including phenoxy) is 1. The van der Waals surface area contributed by atoms with Crippen LogP contribution in [0.2, 0.25) is 0 Å². The first-order valence-electron chi connectivity index (χ1n) is 5.84. The van der Waals surface area contributed by atoms with E-state index in [1.165, 1.54) is 0 Å². The zero-order valence-electron chi connectivity index (χ0n) is 10.5. The summed E-state index contributed by atoms with van der Waals surface area (Å²) in [5.74, 6) is 0.880. The van der Waals surface area contributed by atoms with E-state index in [0.717, 1.165) is 29.7 Å². The fourth-order valence-electron chi connectivity index (χ4n) is 1.85. The second-order valence-electron chi connectivity index (χ2n) is 3.89. The van der Waals surface area contributed by atoms with E-state index >= 15 is 0 Å². The van der Waals surface area contributed by atoms with Gasteiger partial charge in [-0.3, -0.25) is 5.32 Å². The number of rotatable bonds is 5. The third-order valence-electron chi connectivity index (χ3n) is 2.41. The molecule has 0 radical (unpaired) electrons. The van der Waals surface area contributed by atoms with E-state index in [1.807, 2.05) is 19.9 Å². The minimum Gasteiger partial charge on any atom is -0.493 e. The largest absolute Gasteiger partial charge is 0.493 e. The molecule has 0 unspecified atom stereocenters. The molecule has 17 heavy (non-hydrogen) atoms. The standard InChI is InChI=1S/C13H19NO3/c1-4-6-10-8-11(14-13(15)16)7-9(3)12(10)17-5-2/h7-8,14H,4-6H2,1-3H3,(H,15,16). The van der Waals surface area contributed by atoms with Gasteiger partial charge in [-0.15, -0.1) is 0 Å². The number of anilines is 1. The number of carboxylic acid groups (broad SMARTS) is 1. The first-order chi connectivity index (χ1) is 8.08. The summed E-state index contributed by atoms with van der Waals surface area (Å²) in [5.41, 5.74) is 2.61. The molecule has 0 bridgehead atoms. The van der Waals surface area contributed by atoms with Gasteiger partial charge in [0.05, 0.1) is 6.61 Å². The molecule has 0 aliphatic rings. The minimum absolute atomic E-state index is 0.599. The Hall–Kier alpha value is -1.71. The molecule has 0 atom stereocenters. The summed E-state index contributed by atoms with van der Waals surface area (Å²) in [6.45, 7) is 6.57. The number of hydrogen-bond donors (Lipinski definition) is 2. The van der Waals surface area contributed by atoms with Gasteiger partial charge in [-0.25, -0.2) is 4.79 Å². The van der Waals surface area contributed by atoms with E-state index in [4.69, 9.17) is 9.84 Å². The third-order valence-corrected chi connectivity index (χ3v) is 2.41. The Balaban J connectivity index is 3.10. The van der Waals surface area contributed by atoms with Crippen molar-refractivity contribution >= 4 is 11.8 Å². The molecule has 0 aromatic heterocycles. The van der Waals surface area contributed by atoms with Crippen molar-refractivity contribution in [1.82, 2.24) is 0 Å². The first kappa shape index (κ1) is 13.4. The lowest BCUT2D eigenvalue weighted by Gasteiger charge is -2.14. The second-order valence-corrected chi connectivity index (χ2v) is 3.89. The van der Waals surface area contributed by atoms with Gasteiger partial charge in [0.1, 0.15) is 5.75 Å². The number of hydrogen-bond acceptors (Lipinski definition) is 2. The number of carbonyl (C=O) groups is 1. The van der Waals surface area contributed by atoms with Gasteiger partial charge in [0.15, 0.2) is 0 Å². The van der Waals surface area contributed by atoms with Crippen LogP contribution in [0.15, 0.2) is 12.1 Å². The van der Waals surface area contributed by atoms with Gasteiger partial charge in [-0.2, -0.15) is 0 Å². The molecule has 1 aromatic carbocycles. The van der Waals surface area contributed by atoms with Crippen LogP contribution in [-0.4, -0.2) is 17.8 Å². The van der Waals surface area contributed by atoms with Crippen molar-refractivity contribution < 1.29 is 14.6 Å². The maximum atomic E-state index is 10.6. The number of aryl methyl sites for hydroxylation is 2. The molecule has 4 nitrogen and oxygen atoms in total. The van der Waals surface area contributed by atoms with Crippen LogP contribution in [0, 0.1) is 6.92 Å².